The molecular weight excluding hydrogens is 216 g/mol. The Labute approximate surface area is 92.0 Å². The van der Waals surface area contributed by atoms with Crippen molar-refractivity contribution in [2.75, 3.05) is 5.32 Å². The van der Waals surface area contributed by atoms with E-state index in [1.807, 2.05) is 0 Å². The van der Waals surface area contributed by atoms with E-state index in [9.17, 15) is 4.79 Å². The first-order valence-electron chi connectivity index (χ1n) is 4.76. The normalized spacial score (nSPS) is 15.8. The minimum absolute atomic E-state index is 0.145. The van der Waals surface area contributed by atoms with E-state index in [1.54, 1.807) is 6.07 Å². The zero-order valence-corrected chi connectivity index (χ0v) is 8.79. The van der Waals surface area contributed by atoms with Crippen LogP contribution < -0.4 is 11.1 Å². The predicted octanol–water partition coefficient (Wildman–Crippen LogP) is 1.19. The van der Waals surface area contributed by atoms with Crippen LogP contribution in [0.3, 0.4) is 0 Å². The minimum atomic E-state index is -0.596. The van der Waals surface area contributed by atoms with E-state index in [0.717, 1.165) is 12.8 Å². The van der Waals surface area contributed by atoms with Gasteiger partial charge < -0.3 is 11.1 Å². The first-order chi connectivity index (χ1) is 7.16. The number of hydrogen-bond acceptors (Lipinski definition) is 4. The maximum atomic E-state index is 11.1. The number of nitrogens with zero attached hydrogens (tertiary/aromatic N) is 2. The van der Waals surface area contributed by atoms with Crippen LogP contribution in [0.5, 0.6) is 0 Å². The second kappa shape index (κ2) is 4.02. The summed E-state index contributed by atoms with van der Waals surface area (Å²) < 4.78 is 0. The summed E-state index contributed by atoms with van der Waals surface area (Å²) in [5, 5.41) is 10.7. The monoisotopic (exact) mass is 226 g/mol. The van der Waals surface area contributed by atoms with Gasteiger partial charge in [-0.25, -0.2) is 0 Å². The number of carbonyl (C=O) groups excluding carboxylic acids is 1. The molecule has 1 heterocycles. The third-order valence-electron chi connectivity index (χ3n) is 2.46. The van der Waals surface area contributed by atoms with E-state index >= 15 is 0 Å². The van der Waals surface area contributed by atoms with Gasteiger partial charge in [-0.05, 0) is 19.3 Å². The van der Waals surface area contributed by atoms with E-state index in [2.05, 4.69) is 15.5 Å². The Morgan fingerprint density at radius 2 is 2.27 bits per heavy atom. The van der Waals surface area contributed by atoms with Gasteiger partial charge in [-0.2, -0.15) is 0 Å². The molecule has 0 saturated heterocycles. The molecule has 1 saturated carbocycles. The minimum Gasteiger partial charge on any atom is -0.380 e. The summed E-state index contributed by atoms with van der Waals surface area (Å²) >= 11 is 5.70. The van der Waals surface area contributed by atoms with Gasteiger partial charge in [0.15, 0.2) is 10.8 Å². The Morgan fingerprint density at radius 3 is 2.80 bits per heavy atom. The second-order valence-corrected chi connectivity index (χ2v) is 3.95. The van der Waals surface area contributed by atoms with Gasteiger partial charge in [0.05, 0.1) is 5.69 Å². The highest BCUT2D eigenvalue weighted by Crippen LogP contribution is 2.25. The van der Waals surface area contributed by atoms with Crippen LogP contribution in [0.15, 0.2) is 6.07 Å². The molecule has 1 aliphatic carbocycles. The maximum Gasteiger partial charge on any atom is 0.271 e. The number of amides is 1. The standard InChI is InChI=1S/C9H11ClN4O/c10-7-4-6(12-5-2-1-3-5)8(9(11)15)14-13-7/h4-5H,1-3H2,(H2,11,15)(H,12,13). The van der Waals surface area contributed by atoms with Gasteiger partial charge in [-0.1, -0.05) is 11.6 Å². The molecule has 0 aromatic carbocycles. The summed E-state index contributed by atoms with van der Waals surface area (Å²) in [6, 6.07) is 1.97. The first kappa shape index (κ1) is 10.2. The lowest BCUT2D eigenvalue weighted by molar-refractivity contribution is 0.0995. The molecule has 5 nitrogen and oxygen atoms in total. The molecule has 0 bridgehead atoms. The van der Waals surface area contributed by atoms with Crippen LogP contribution in [0.2, 0.25) is 5.15 Å². The van der Waals surface area contributed by atoms with Crippen LogP contribution in [0, 0.1) is 0 Å². The third-order valence-corrected chi connectivity index (χ3v) is 2.65. The zero-order chi connectivity index (χ0) is 10.8. The van der Waals surface area contributed by atoms with Crippen LogP contribution in [-0.2, 0) is 0 Å². The number of nitrogens with one attached hydrogen (secondary N) is 1. The summed E-state index contributed by atoms with van der Waals surface area (Å²) in [6.07, 6.45) is 3.39. The summed E-state index contributed by atoms with van der Waals surface area (Å²) in [4.78, 5) is 11.1. The van der Waals surface area contributed by atoms with Crippen LogP contribution in [-0.4, -0.2) is 22.1 Å². The molecule has 0 radical (unpaired) electrons. The summed E-state index contributed by atoms with van der Waals surface area (Å²) in [7, 11) is 0. The molecule has 2 rings (SSSR count). The second-order valence-electron chi connectivity index (χ2n) is 3.57. The topological polar surface area (TPSA) is 80.9 Å². The van der Waals surface area contributed by atoms with Crippen molar-refractivity contribution in [3.63, 3.8) is 0 Å². The Bertz CT molecular complexity index is 392. The van der Waals surface area contributed by atoms with Crippen molar-refractivity contribution in [2.45, 2.75) is 25.3 Å². The molecule has 0 aliphatic heterocycles. The van der Waals surface area contributed by atoms with Gasteiger partial charge in [0, 0.05) is 12.1 Å². The number of halogens is 1. The van der Waals surface area contributed by atoms with Gasteiger partial charge in [0.25, 0.3) is 5.91 Å². The number of rotatable bonds is 3. The molecule has 80 valence electrons. The average molecular weight is 227 g/mol. The maximum absolute atomic E-state index is 11.1. The van der Waals surface area contributed by atoms with E-state index in [1.165, 1.54) is 6.42 Å². The van der Waals surface area contributed by atoms with Crippen LogP contribution in [0.1, 0.15) is 29.8 Å². The van der Waals surface area contributed by atoms with Gasteiger partial charge in [0.1, 0.15) is 0 Å². The van der Waals surface area contributed by atoms with E-state index in [4.69, 9.17) is 17.3 Å². The van der Waals surface area contributed by atoms with Crippen molar-refractivity contribution >= 4 is 23.2 Å². The van der Waals surface area contributed by atoms with Gasteiger partial charge >= 0.3 is 0 Å². The van der Waals surface area contributed by atoms with Crippen LogP contribution >= 0.6 is 11.6 Å². The lowest BCUT2D eigenvalue weighted by Crippen LogP contribution is -2.29. The average Bonchev–Trinajstić information content (AvgIpc) is 2.11. The molecule has 0 unspecified atom stereocenters. The van der Waals surface area contributed by atoms with E-state index in [-0.39, 0.29) is 10.8 Å². The smallest absolute Gasteiger partial charge is 0.271 e. The van der Waals surface area contributed by atoms with Crippen molar-refractivity contribution in [1.82, 2.24) is 10.2 Å². The summed E-state index contributed by atoms with van der Waals surface area (Å²) in [5.41, 5.74) is 5.90. The number of carbonyl (C=O) groups is 1. The lowest BCUT2D eigenvalue weighted by Gasteiger charge is -2.27. The molecule has 0 spiro atoms. The Hall–Kier alpha value is -1.36. The van der Waals surface area contributed by atoms with Crippen molar-refractivity contribution in [3.8, 4) is 0 Å². The van der Waals surface area contributed by atoms with Crippen molar-refractivity contribution in [2.24, 2.45) is 5.73 Å². The Morgan fingerprint density at radius 1 is 1.53 bits per heavy atom. The van der Waals surface area contributed by atoms with E-state index in [0.29, 0.717) is 11.7 Å². The molecule has 6 heteroatoms. The number of anilines is 1. The van der Waals surface area contributed by atoms with Gasteiger partial charge in [0.2, 0.25) is 0 Å². The van der Waals surface area contributed by atoms with E-state index < -0.39 is 5.91 Å². The number of hydrogen-bond donors (Lipinski definition) is 2. The molecule has 15 heavy (non-hydrogen) atoms. The number of primary amides is 1. The Kier molecular flexibility index (Phi) is 2.73. The first-order valence-corrected chi connectivity index (χ1v) is 5.14. The van der Waals surface area contributed by atoms with Crippen molar-refractivity contribution < 1.29 is 4.79 Å². The number of aromatic nitrogens is 2. The molecule has 0 atom stereocenters. The van der Waals surface area contributed by atoms with Gasteiger partial charge in [-0.15, -0.1) is 10.2 Å². The Balaban J connectivity index is 2.24. The molecule has 1 aromatic rings. The highest BCUT2D eigenvalue weighted by atomic mass is 35.5. The summed E-state index contributed by atoms with van der Waals surface area (Å²) in [5.74, 6) is -0.596. The summed E-state index contributed by atoms with van der Waals surface area (Å²) in [6.45, 7) is 0. The fourth-order valence-electron chi connectivity index (χ4n) is 1.43. The molecule has 1 amide bonds. The fraction of sp³-hybridized carbons (Fsp3) is 0.444. The lowest BCUT2D eigenvalue weighted by atomic mass is 9.93. The highest BCUT2D eigenvalue weighted by Gasteiger charge is 2.20. The van der Waals surface area contributed by atoms with Crippen LogP contribution in [0.4, 0.5) is 5.69 Å². The van der Waals surface area contributed by atoms with Crippen molar-refractivity contribution in [1.29, 1.82) is 0 Å². The fourth-order valence-corrected chi connectivity index (χ4v) is 1.58. The molecular formula is C9H11ClN4O. The third kappa shape index (κ3) is 2.18. The molecule has 1 aromatic heterocycles. The predicted molar refractivity (Wildman–Crippen MR) is 56.8 cm³/mol. The molecule has 1 aliphatic rings. The molecule has 3 N–H and O–H groups in total. The molecule has 1 fully saturated rings. The largest absolute Gasteiger partial charge is 0.380 e. The zero-order valence-electron chi connectivity index (χ0n) is 8.03. The quantitative estimate of drug-likeness (QED) is 0.811. The van der Waals surface area contributed by atoms with Crippen molar-refractivity contribution in [3.05, 3.63) is 16.9 Å². The SMILES string of the molecule is NC(=O)c1nnc(Cl)cc1NC1CCC1. The van der Waals surface area contributed by atoms with Crippen LogP contribution in [0.25, 0.3) is 0 Å². The van der Waals surface area contributed by atoms with Gasteiger partial charge in [-0.3, -0.25) is 4.79 Å². The number of nitrogens with two attached hydrogens (primary N) is 1. The highest BCUT2D eigenvalue weighted by molar-refractivity contribution is 6.29.